The van der Waals surface area contributed by atoms with E-state index in [9.17, 15) is 0 Å². The predicted molar refractivity (Wildman–Crippen MR) is 213 cm³/mol. The molecule has 1 aliphatic rings. The van der Waals surface area contributed by atoms with Crippen molar-refractivity contribution in [1.82, 2.24) is 0 Å². The van der Waals surface area contributed by atoms with Crippen LogP contribution in [0.2, 0.25) is 0 Å². The molecule has 8 aromatic rings. The van der Waals surface area contributed by atoms with E-state index in [1.54, 1.807) is 0 Å². The van der Waals surface area contributed by atoms with Gasteiger partial charge in [0.05, 0.1) is 0 Å². The largest absolute Gasteiger partial charge is 0.310 e. The van der Waals surface area contributed by atoms with Crippen molar-refractivity contribution in [3.05, 3.63) is 199 Å². The van der Waals surface area contributed by atoms with Crippen LogP contribution in [0, 0.1) is 0 Å². The van der Waals surface area contributed by atoms with E-state index in [1.807, 2.05) is 0 Å². The van der Waals surface area contributed by atoms with E-state index >= 15 is 0 Å². The SMILES string of the molecule is CC1(C)c2ccccc2-c2cc(-c3ccccc3)c3ccc(N(c4ccc(-c5ccccc5)cc4)c4ccc(-c5ccccc5)cc4)cc3c21. The zero-order valence-electron chi connectivity index (χ0n) is 28.3. The van der Waals surface area contributed by atoms with E-state index in [0.29, 0.717) is 0 Å². The van der Waals surface area contributed by atoms with Crippen molar-refractivity contribution < 1.29 is 0 Å². The molecule has 0 spiro atoms. The Labute approximate surface area is 294 Å². The Bertz CT molecular complexity index is 2380. The van der Waals surface area contributed by atoms with Gasteiger partial charge in [-0.2, -0.15) is 0 Å². The van der Waals surface area contributed by atoms with Crippen molar-refractivity contribution in [3.63, 3.8) is 0 Å². The predicted octanol–water partition coefficient (Wildman–Crippen LogP) is 13.6. The van der Waals surface area contributed by atoms with Gasteiger partial charge in [-0.15, -0.1) is 0 Å². The van der Waals surface area contributed by atoms with Crippen LogP contribution in [0.5, 0.6) is 0 Å². The molecule has 0 atom stereocenters. The topological polar surface area (TPSA) is 3.24 Å². The second kappa shape index (κ2) is 12.1. The third-order valence-electron chi connectivity index (χ3n) is 10.4. The van der Waals surface area contributed by atoms with Crippen molar-refractivity contribution in [2.75, 3.05) is 4.90 Å². The van der Waals surface area contributed by atoms with Crippen molar-refractivity contribution in [2.24, 2.45) is 0 Å². The van der Waals surface area contributed by atoms with Gasteiger partial charge in [0, 0.05) is 22.5 Å². The minimum absolute atomic E-state index is 0.141. The highest BCUT2D eigenvalue weighted by atomic mass is 15.1. The van der Waals surface area contributed by atoms with Crippen LogP contribution >= 0.6 is 0 Å². The highest BCUT2D eigenvalue weighted by Crippen LogP contribution is 2.54. The average molecular weight is 640 g/mol. The lowest BCUT2D eigenvalue weighted by Gasteiger charge is -2.28. The monoisotopic (exact) mass is 639 g/mol. The highest BCUT2D eigenvalue weighted by Gasteiger charge is 2.37. The van der Waals surface area contributed by atoms with Gasteiger partial charge < -0.3 is 4.90 Å². The molecule has 0 radical (unpaired) electrons. The highest BCUT2D eigenvalue weighted by molar-refractivity contribution is 6.07. The van der Waals surface area contributed by atoms with Gasteiger partial charge in [0.15, 0.2) is 0 Å². The molecule has 8 aromatic carbocycles. The third kappa shape index (κ3) is 5.02. The number of nitrogens with zero attached hydrogens (tertiary/aromatic N) is 1. The number of anilines is 3. The number of fused-ring (bicyclic) bond motifs is 5. The summed E-state index contributed by atoms with van der Waals surface area (Å²) < 4.78 is 0. The van der Waals surface area contributed by atoms with Crippen LogP contribution in [0.1, 0.15) is 25.0 Å². The van der Waals surface area contributed by atoms with E-state index < -0.39 is 0 Å². The molecular formula is C49H37N. The molecule has 0 aliphatic heterocycles. The van der Waals surface area contributed by atoms with Gasteiger partial charge in [-0.1, -0.05) is 159 Å². The van der Waals surface area contributed by atoms with Gasteiger partial charge >= 0.3 is 0 Å². The van der Waals surface area contributed by atoms with Gasteiger partial charge in [-0.25, -0.2) is 0 Å². The number of benzene rings is 8. The Morgan fingerprint density at radius 1 is 0.340 bits per heavy atom. The summed E-state index contributed by atoms with van der Waals surface area (Å²) in [5.41, 5.74) is 16.0. The Balaban J connectivity index is 1.26. The van der Waals surface area contributed by atoms with Crippen LogP contribution in [-0.4, -0.2) is 0 Å². The summed E-state index contributed by atoms with van der Waals surface area (Å²) in [5, 5.41) is 2.57. The third-order valence-corrected chi connectivity index (χ3v) is 10.4. The van der Waals surface area contributed by atoms with Crippen LogP contribution in [0.3, 0.4) is 0 Å². The van der Waals surface area contributed by atoms with Crippen LogP contribution in [0.4, 0.5) is 17.1 Å². The first-order chi connectivity index (χ1) is 24.6. The maximum atomic E-state index is 2.43. The van der Waals surface area contributed by atoms with Crippen LogP contribution in [0.15, 0.2) is 188 Å². The van der Waals surface area contributed by atoms with Gasteiger partial charge in [-0.3, -0.25) is 0 Å². The van der Waals surface area contributed by atoms with Gasteiger partial charge in [0.2, 0.25) is 0 Å². The summed E-state index contributed by atoms with van der Waals surface area (Å²) in [4.78, 5) is 2.40. The average Bonchev–Trinajstić information content (AvgIpc) is 3.42. The molecule has 0 saturated carbocycles. The molecule has 9 rings (SSSR count). The molecule has 1 aliphatic carbocycles. The van der Waals surface area contributed by atoms with Crippen molar-refractivity contribution in [3.8, 4) is 44.5 Å². The molecule has 0 fully saturated rings. The lowest BCUT2D eigenvalue weighted by atomic mass is 9.79. The van der Waals surface area contributed by atoms with Crippen LogP contribution in [-0.2, 0) is 5.41 Å². The van der Waals surface area contributed by atoms with E-state index in [0.717, 1.165) is 17.1 Å². The molecule has 50 heavy (non-hydrogen) atoms. The van der Waals surface area contributed by atoms with Crippen molar-refractivity contribution >= 4 is 27.8 Å². The van der Waals surface area contributed by atoms with Gasteiger partial charge in [-0.05, 0) is 109 Å². The molecule has 1 nitrogen and oxygen atoms in total. The number of rotatable bonds is 6. The zero-order chi connectivity index (χ0) is 33.7. The summed E-state index contributed by atoms with van der Waals surface area (Å²) in [6.07, 6.45) is 0. The standard InChI is InChI=1S/C49H37N/c1-49(2)47-21-13-12-20-43(47)46-33-44(38-18-10-5-11-19-38)42-31-30-41(32-45(42)48(46)49)50(39-26-22-36(23-27-39)34-14-6-3-7-15-34)40-28-24-37(25-29-40)35-16-8-4-9-17-35/h3-33H,1-2H3. The molecular weight excluding hydrogens is 603 g/mol. The Morgan fingerprint density at radius 2 is 0.800 bits per heavy atom. The molecule has 238 valence electrons. The first-order valence-electron chi connectivity index (χ1n) is 17.4. The van der Waals surface area contributed by atoms with E-state index in [2.05, 4.69) is 207 Å². The fourth-order valence-electron chi connectivity index (χ4n) is 8.01. The Kier molecular flexibility index (Phi) is 7.21. The first kappa shape index (κ1) is 29.9. The molecule has 0 heterocycles. The second-order valence-corrected chi connectivity index (χ2v) is 13.8. The molecule has 0 bridgehead atoms. The fourth-order valence-corrected chi connectivity index (χ4v) is 8.01. The summed E-state index contributed by atoms with van der Waals surface area (Å²) in [7, 11) is 0. The van der Waals surface area contributed by atoms with E-state index in [4.69, 9.17) is 0 Å². The molecule has 0 aromatic heterocycles. The summed E-state index contributed by atoms with van der Waals surface area (Å²) in [5.74, 6) is 0. The van der Waals surface area contributed by atoms with E-state index in [-0.39, 0.29) is 5.41 Å². The minimum Gasteiger partial charge on any atom is -0.310 e. The lowest BCUT2D eigenvalue weighted by Crippen LogP contribution is -2.16. The lowest BCUT2D eigenvalue weighted by molar-refractivity contribution is 0.666. The second-order valence-electron chi connectivity index (χ2n) is 13.8. The molecule has 0 saturated heterocycles. The van der Waals surface area contributed by atoms with Gasteiger partial charge in [0.25, 0.3) is 0 Å². The summed E-state index contributed by atoms with van der Waals surface area (Å²) >= 11 is 0. The van der Waals surface area contributed by atoms with Crippen LogP contribution < -0.4 is 4.90 Å². The zero-order valence-corrected chi connectivity index (χ0v) is 28.3. The summed E-state index contributed by atoms with van der Waals surface area (Å²) in [6.45, 7) is 4.77. The molecule has 1 heteroatoms. The Morgan fingerprint density at radius 3 is 1.36 bits per heavy atom. The Hall–Kier alpha value is -6.18. The smallest absolute Gasteiger partial charge is 0.0468 e. The molecule has 0 N–H and O–H groups in total. The fraction of sp³-hybridized carbons (Fsp3) is 0.0612. The maximum absolute atomic E-state index is 2.43. The minimum atomic E-state index is -0.141. The van der Waals surface area contributed by atoms with Crippen LogP contribution in [0.25, 0.3) is 55.3 Å². The van der Waals surface area contributed by atoms with Crippen molar-refractivity contribution in [2.45, 2.75) is 19.3 Å². The maximum Gasteiger partial charge on any atom is 0.0468 e. The number of hydrogen-bond donors (Lipinski definition) is 0. The van der Waals surface area contributed by atoms with Crippen molar-refractivity contribution in [1.29, 1.82) is 0 Å². The van der Waals surface area contributed by atoms with Gasteiger partial charge in [0.1, 0.15) is 0 Å². The summed E-state index contributed by atoms with van der Waals surface area (Å²) in [6, 6.07) is 68.5. The quantitative estimate of drug-likeness (QED) is 0.175. The first-order valence-corrected chi connectivity index (χ1v) is 17.4. The van der Waals surface area contributed by atoms with E-state index in [1.165, 1.54) is 66.4 Å². The molecule has 0 unspecified atom stereocenters. The normalized spacial score (nSPS) is 12.8. The number of hydrogen-bond acceptors (Lipinski definition) is 1. The molecule has 0 amide bonds.